The minimum absolute atomic E-state index is 0.0466. The Morgan fingerprint density at radius 1 is 1.17 bits per heavy atom. The Bertz CT molecular complexity index is 864. The maximum absolute atomic E-state index is 12.0. The molecule has 23 heavy (non-hydrogen) atoms. The van der Waals surface area contributed by atoms with Gasteiger partial charge in [-0.05, 0) is 35.9 Å². The molecule has 0 atom stereocenters. The Labute approximate surface area is 137 Å². The van der Waals surface area contributed by atoms with Crippen molar-refractivity contribution in [2.45, 2.75) is 0 Å². The van der Waals surface area contributed by atoms with Crippen molar-refractivity contribution in [3.63, 3.8) is 0 Å². The predicted octanol–water partition coefficient (Wildman–Crippen LogP) is 3.24. The number of halogens is 1. The monoisotopic (exact) mass is 353 g/mol. The highest BCUT2D eigenvalue weighted by Crippen LogP contribution is 2.25. The molecule has 9 heteroatoms. The first-order valence-corrected chi connectivity index (χ1v) is 8.20. The molecule has 0 spiro atoms. The van der Waals surface area contributed by atoms with Crippen LogP contribution in [0.5, 0.6) is 0 Å². The van der Waals surface area contributed by atoms with Crippen LogP contribution in [0.4, 0.5) is 17.1 Å². The van der Waals surface area contributed by atoms with Crippen LogP contribution in [0.3, 0.4) is 0 Å². The lowest BCUT2D eigenvalue weighted by molar-refractivity contribution is -0.383. The lowest BCUT2D eigenvalue weighted by Crippen LogP contribution is -2.09. The second-order valence-electron chi connectivity index (χ2n) is 4.53. The molecule has 0 amide bonds. The summed E-state index contributed by atoms with van der Waals surface area (Å²) in [4.78, 5) is 10.1. The quantitative estimate of drug-likeness (QED) is 0.486. The van der Waals surface area contributed by atoms with Crippen LogP contribution in [0, 0.1) is 10.1 Å². The van der Waals surface area contributed by atoms with E-state index in [4.69, 9.17) is 17.3 Å². The third kappa shape index (κ3) is 4.70. The van der Waals surface area contributed by atoms with Crippen molar-refractivity contribution >= 4 is 44.8 Å². The zero-order chi connectivity index (χ0) is 17.0. The van der Waals surface area contributed by atoms with E-state index in [1.165, 1.54) is 18.2 Å². The highest BCUT2D eigenvalue weighted by Gasteiger charge is 2.14. The standard InChI is InChI=1S/C14H12ClN3O4S/c15-11-3-1-10(2-4-11)7-8-23(21,22)17-12-5-6-13(16)14(9-12)18(19)20/h1-9,17H,16H2/b8-7+. The lowest BCUT2D eigenvalue weighted by Gasteiger charge is -2.05. The van der Waals surface area contributed by atoms with E-state index in [0.717, 1.165) is 11.5 Å². The van der Waals surface area contributed by atoms with Crippen LogP contribution in [0.1, 0.15) is 5.56 Å². The Morgan fingerprint density at radius 2 is 1.83 bits per heavy atom. The van der Waals surface area contributed by atoms with Crippen molar-refractivity contribution in [3.05, 3.63) is 68.6 Å². The van der Waals surface area contributed by atoms with Crippen LogP contribution in [0.25, 0.3) is 6.08 Å². The molecule has 2 rings (SSSR count). The summed E-state index contributed by atoms with van der Waals surface area (Å²) in [7, 11) is -3.83. The molecule has 0 bridgehead atoms. The van der Waals surface area contributed by atoms with Gasteiger partial charge in [-0.15, -0.1) is 0 Å². The molecule has 0 aliphatic heterocycles. The fourth-order valence-electron chi connectivity index (χ4n) is 1.71. The number of nitrogen functional groups attached to an aromatic ring is 1. The Hall–Kier alpha value is -2.58. The molecular formula is C14H12ClN3O4S. The number of rotatable bonds is 5. The number of nitrogens with one attached hydrogen (secondary N) is 1. The van der Waals surface area contributed by atoms with E-state index in [-0.39, 0.29) is 17.1 Å². The van der Waals surface area contributed by atoms with Gasteiger partial charge in [-0.3, -0.25) is 14.8 Å². The molecule has 0 aromatic heterocycles. The number of nitrogens with two attached hydrogens (primary N) is 1. The van der Waals surface area contributed by atoms with Crippen LogP contribution in [-0.2, 0) is 10.0 Å². The summed E-state index contributed by atoms with van der Waals surface area (Å²) in [6, 6.07) is 10.2. The van der Waals surface area contributed by atoms with Crippen molar-refractivity contribution in [2.24, 2.45) is 0 Å². The topological polar surface area (TPSA) is 115 Å². The summed E-state index contributed by atoms with van der Waals surface area (Å²) in [5, 5.41) is 12.3. The Kier molecular flexibility index (Phi) is 4.87. The van der Waals surface area contributed by atoms with Crippen molar-refractivity contribution in [1.82, 2.24) is 0 Å². The number of hydrogen-bond donors (Lipinski definition) is 2. The van der Waals surface area contributed by atoms with E-state index >= 15 is 0 Å². The molecular weight excluding hydrogens is 342 g/mol. The zero-order valence-corrected chi connectivity index (χ0v) is 13.2. The minimum atomic E-state index is -3.83. The first-order valence-electron chi connectivity index (χ1n) is 6.27. The third-order valence-corrected chi connectivity index (χ3v) is 4.06. The third-order valence-electron chi connectivity index (χ3n) is 2.80. The molecule has 2 aromatic rings. The first kappa shape index (κ1) is 16.8. The van der Waals surface area contributed by atoms with Gasteiger partial charge in [0.05, 0.1) is 16.0 Å². The summed E-state index contributed by atoms with van der Waals surface area (Å²) < 4.78 is 26.2. The molecule has 0 saturated heterocycles. The highest BCUT2D eigenvalue weighted by atomic mass is 35.5. The molecule has 120 valence electrons. The van der Waals surface area contributed by atoms with E-state index in [2.05, 4.69) is 4.72 Å². The largest absolute Gasteiger partial charge is 0.393 e. The number of sulfonamides is 1. The lowest BCUT2D eigenvalue weighted by atomic mass is 10.2. The van der Waals surface area contributed by atoms with Crippen LogP contribution in [0.2, 0.25) is 5.02 Å². The van der Waals surface area contributed by atoms with E-state index in [0.29, 0.717) is 10.6 Å². The molecule has 0 heterocycles. The smallest absolute Gasteiger partial charge is 0.294 e. The van der Waals surface area contributed by atoms with Gasteiger partial charge in [0.1, 0.15) is 5.69 Å². The van der Waals surface area contributed by atoms with Gasteiger partial charge in [0, 0.05) is 11.1 Å². The second-order valence-corrected chi connectivity index (χ2v) is 6.53. The number of benzene rings is 2. The zero-order valence-electron chi connectivity index (χ0n) is 11.6. The van der Waals surface area contributed by atoms with Gasteiger partial charge in [-0.25, -0.2) is 8.42 Å². The minimum Gasteiger partial charge on any atom is -0.393 e. The summed E-state index contributed by atoms with van der Waals surface area (Å²) in [6.07, 6.45) is 1.38. The van der Waals surface area contributed by atoms with E-state index in [9.17, 15) is 18.5 Å². The maximum Gasteiger partial charge on any atom is 0.294 e. The second kappa shape index (κ2) is 6.67. The van der Waals surface area contributed by atoms with Gasteiger partial charge >= 0.3 is 0 Å². The van der Waals surface area contributed by atoms with E-state index < -0.39 is 14.9 Å². The molecule has 0 saturated carbocycles. The molecule has 0 aliphatic rings. The van der Waals surface area contributed by atoms with Gasteiger partial charge in [-0.2, -0.15) is 0 Å². The number of anilines is 2. The fraction of sp³-hybridized carbons (Fsp3) is 0. The van der Waals surface area contributed by atoms with Crippen molar-refractivity contribution < 1.29 is 13.3 Å². The van der Waals surface area contributed by atoms with Crippen molar-refractivity contribution in [2.75, 3.05) is 10.5 Å². The van der Waals surface area contributed by atoms with Gasteiger partial charge in [0.2, 0.25) is 0 Å². The SMILES string of the molecule is Nc1ccc(NS(=O)(=O)/C=C/c2ccc(Cl)cc2)cc1[N+](=O)[O-]. The Morgan fingerprint density at radius 3 is 2.43 bits per heavy atom. The van der Waals surface area contributed by atoms with Crippen LogP contribution in [-0.4, -0.2) is 13.3 Å². The number of hydrogen-bond acceptors (Lipinski definition) is 5. The van der Waals surface area contributed by atoms with Crippen LogP contribution >= 0.6 is 11.6 Å². The summed E-state index contributed by atoms with van der Waals surface area (Å²) in [5.74, 6) is 0. The van der Waals surface area contributed by atoms with E-state index in [1.54, 1.807) is 24.3 Å². The normalized spacial score (nSPS) is 11.5. The highest BCUT2D eigenvalue weighted by molar-refractivity contribution is 7.95. The molecule has 0 aliphatic carbocycles. The van der Waals surface area contributed by atoms with Crippen LogP contribution in [0.15, 0.2) is 47.9 Å². The number of nitro benzene ring substituents is 1. The van der Waals surface area contributed by atoms with Crippen LogP contribution < -0.4 is 10.5 Å². The summed E-state index contributed by atoms with van der Waals surface area (Å²) in [5.41, 5.74) is 5.73. The van der Waals surface area contributed by atoms with Gasteiger partial charge in [-0.1, -0.05) is 23.7 Å². The average Bonchev–Trinajstić information content (AvgIpc) is 2.48. The Balaban J connectivity index is 2.19. The molecule has 0 radical (unpaired) electrons. The fourth-order valence-corrected chi connectivity index (χ4v) is 2.69. The number of nitro groups is 1. The van der Waals surface area contributed by atoms with Crippen molar-refractivity contribution in [3.8, 4) is 0 Å². The van der Waals surface area contributed by atoms with Crippen molar-refractivity contribution in [1.29, 1.82) is 0 Å². The van der Waals surface area contributed by atoms with Gasteiger partial charge in [0.15, 0.2) is 0 Å². The maximum atomic E-state index is 12.0. The van der Waals surface area contributed by atoms with E-state index in [1.807, 2.05) is 0 Å². The van der Waals surface area contributed by atoms with Gasteiger partial charge in [0.25, 0.3) is 15.7 Å². The predicted molar refractivity (Wildman–Crippen MR) is 90.5 cm³/mol. The summed E-state index contributed by atoms with van der Waals surface area (Å²) >= 11 is 5.74. The molecule has 0 unspecified atom stereocenters. The van der Waals surface area contributed by atoms with Gasteiger partial charge < -0.3 is 5.73 Å². The molecule has 0 fully saturated rings. The molecule has 3 N–H and O–H groups in total. The first-order chi connectivity index (χ1) is 10.8. The average molecular weight is 354 g/mol. The molecule has 7 nitrogen and oxygen atoms in total. The summed E-state index contributed by atoms with van der Waals surface area (Å²) in [6.45, 7) is 0. The number of nitrogens with zero attached hydrogens (tertiary/aromatic N) is 1. The molecule has 2 aromatic carbocycles.